The summed E-state index contributed by atoms with van der Waals surface area (Å²) in [5.41, 5.74) is 2.99. The Bertz CT molecular complexity index is 741. The molecule has 0 radical (unpaired) electrons. The highest BCUT2D eigenvalue weighted by atomic mass is 16.7. The van der Waals surface area contributed by atoms with Crippen molar-refractivity contribution in [3.8, 4) is 11.5 Å². The molecule has 2 heterocycles. The normalized spacial score (nSPS) is 14.0. The van der Waals surface area contributed by atoms with Gasteiger partial charge in [-0.15, -0.1) is 0 Å². The molecule has 2 aromatic rings. The zero-order valence-corrected chi connectivity index (χ0v) is 16.8. The Kier molecular flexibility index (Phi) is 5.31. The first-order valence-electron chi connectivity index (χ1n) is 9.59. The molecule has 26 heavy (non-hydrogen) atoms. The van der Waals surface area contributed by atoms with Gasteiger partial charge in [-0.1, -0.05) is 40.7 Å². The van der Waals surface area contributed by atoms with Crippen molar-refractivity contribution in [2.24, 2.45) is 10.8 Å². The molecule has 0 N–H and O–H groups in total. The van der Waals surface area contributed by atoms with E-state index in [2.05, 4.69) is 62.5 Å². The van der Waals surface area contributed by atoms with Gasteiger partial charge in [-0.2, -0.15) is 0 Å². The van der Waals surface area contributed by atoms with Gasteiger partial charge in [-0.3, -0.25) is 0 Å². The highest BCUT2D eigenvalue weighted by Gasteiger charge is 2.22. The summed E-state index contributed by atoms with van der Waals surface area (Å²) in [7, 11) is 0. The standard InChI is InChI=1S/C22H32N2O2/c1-21(2,3)9-6-10-24-14-18(23-15-24)13-22(4,5)12-17-7-8-19-20(11-17)26-16-25-19/h7-8,11,14-15H,6,9-10,12-13,16H2,1-5H3. The molecule has 0 spiro atoms. The average Bonchev–Trinajstić information content (AvgIpc) is 3.13. The van der Waals surface area contributed by atoms with Crippen molar-refractivity contribution in [3.63, 3.8) is 0 Å². The fourth-order valence-electron chi connectivity index (χ4n) is 3.57. The number of hydrogen-bond donors (Lipinski definition) is 0. The number of fused-ring (bicyclic) bond motifs is 1. The molecule has 0 saturated carbocycles. The largest absolute Gasteiger partial charge is 0.454 e. The Morgan fingerprint density at radius 2 is 1.81 bits per heavy atom. The van der Waals surface area contributed by atoms with Gasteiger partial charge in [0.15, 0.2) is 11.5 Å². The van der Waals surface area contributed by atoms with E-state index in [9.17, 15) is 0 Å². The zero-order valence-electron chi connectivity index (χ0n) is 16.8. The first kappa shape index (κ1) is 18.8. The van der Waals surface area contributed by atoms with Crippen LogP contribution in [-0.2, 0) is 19.4 Å². The lowest BCUT2D eigenvalue weighted by Gasteiger charge is -2.24. The molecule has 0 bridgehead atoms. The predicted molar refractivity (Wildman–Crippen MR) is 105 cm³/mol. The molecule has 0 aliphatic carbocycles. The van der Waals surface area contributed by atoms with Crippen LogP contribution in [0.5, 0.6) is 11.5 Å². The minimum absolute atomic E-state index is 0.137. The van der Waals surface area contributed by atoms with Crippen molar-refractivity contribution in [1.82, 2.24) is 9.55 Å². The Morgan fingerprint density at radius 3 is 2.58 bits per heavy atom. The molecule has 0 saturated heterocycles. The fourth-order valence-corrected chi connectivity index (χ4v) is 3.57. The van der Waals surface area contributed by atoms with Gasteiger partial charge in [0, 0.05) is 12.7 Å². The first-order chi connectivity index (χ1) is 12.2. The van der Waals surface area contributed by atoms with Gasteiger partial charge in [0.1, 0.15) is 0 Å². The lowest BCUT2D eigenvalue weighted by atomic mass is 9.81. The third-order valence-electron chi connectivity index (χ3n) is 4.81. The summed E-state index contributed by atoms with van der Waals surface area (Å²) in [6.07, 6.45) is 8.57. The van der Waals surface area contributed by atoms with Gasteiger partial charge < -0.3 is 14.0 Å². The highest BCUT2D eigenvalue weighted by molar-refractivity contribution is 5.44. The lowest BCUT2D eigenvalue weighted by molar-refractivity contribution is 0.174. The van der Waals surface area contributed by atoms with Crippen molar-refractivity contribution in [3.05, 3.63) is 42.0 Å². The maximum atomic E-state index is 5.50. The number of imidazole rings is 1. The SMILES string of the molecule is CC(C)(C)CCCn1cnc(CC(C)(C)Cc2ccc3c(c2)OCO3)c1. The average molecular weight is 357 g/mol. The van der Waals surface area contributed by atoms with Crippen molar-refractivity contribution in [2.45, 2.75) is 66.8 Å². The molecule has 0 fully saturated rings. The maximum Gasteiger partial charge on any atom is 0.231 e. The van der Waals surface area contributed by atoms with Gasteiger partial charge in [0.05, 0.1) is 12.0 Å². The van der Waals surface area contributed by atoms with Crippen LogP contribution < -0.4 is 9.47 Å². The molecular formula is C22H32N2O2. The third kappa shape index (κ3) is 5.26. The van der Waals surface area contributed by atoms with Crippen LogP contribution in [0.2, 0.25) is 0 Å². The number of hydrogen-bond acceptors (Lipinski definition) is 3. The smallest absolute Gasteiger partial charge is 0.231 e. The van der Waals surface area contributed by atoms with Gasteiger partial charge in [0.2, 0.25) is 6.79 Å². The summed E-state index contributed by atoms with van der Waals surface area (Å²) in [5, 5.41) is 0. The van der Waals surface area contributed by atoms with Crippen LogP contribution in [0.3, 0.4) is 0 Å². The van der Waals surface area contributed by atoms with Crippen molar-refractivity contribution >= 4 is 0 Å². The third-order valence-corrected chi connectivity index (χ3v) is 4.81. The minimum Gasteiger partial charge on any atom is -0.454 e. The summed E-state index contributed by atoms with van der Waals surface area (Å²) >= 11 is 0. The van der Waals surface area contributed by atoms with Crippen molar-refractivity contribution < 1.29 is 9.47 Å². The van der Waals surface area contributed by atoms with Gasteiger partial charge in [-0.05, 0) is 54.2 Å². The number of ether oxygens (including phenoxy) is 2. The molecule has 0 amide bonds. The van der Waals surface area contributed by atoms with E-state index in [1.165, 1.54) is 24.1 Å². The van der Waals surface area contributed by atoms with E-state index >= 15 is 0 Å². The maximum absolute atomic E-state index is 5.50. The second-order valence-corrected chi connectivity index (χ2v) is 9.47. The molecule has 142 valence electrons. The summed E-state index contributed by atoms with van der Waals surface area (Å²) < 4.78 is 13.1. The van der Waals surface area contributed by atoms with Gasteiger partial charge >= 0.3 is 0 Å². The van der Waals surface area contributed by atoms with E-state index in [4.69, 9.17) is 9.47 Å². The molecule has 1 aromatic carbocycles. The van der Waals surface area contributed by atoms with Crippen LogP contribution in [0.15, 0.2) is 30.7 Å². The van der Waals surface area contributed by atoms with Crippen LogP contribution in [0.1, 0.15) is 58.7 Å². The second-order valence-electron chi connectivity index (χ2n) is 9.47. The van der Waals surface area contributed by atoms with E-state index in [1.807, 2.05) is 12.4 Å². The summed E-state index contributed by atoms with van der Waals surface area (Å²) in [6, 6.07) is 6.26. The Balaban J connectivity index is 1.55. The van der Waals surface area contributed by atoms with Crippen molar-refractivity contribution in [1.29, 1.82) is 0 Å². The Labute approximate surface area is 157 Å². The monoisotopic (exact) mass is 356 g/mol. The second kappa shape index (κ2) is 7.34. The van der Waals surface area contributed by atoms with Crippen LogP contribution in [0, 0.1) is 10.8 Å². The Morgan fingerprint density at radius 1 is 1.04 bits per heavy atom. The van der Waals surface area contributed by atoms with Crippen LogP contribution in [0.25, 0.3) is 0 Å². The molecule has 1 aromatic heterocycles. The topological polar surface area (TPSA) is 36.3 Å². The van der Waals surface area contributed by atoms with E-state index in [0.29, 0.717) is 12.2 Å². The molecule has 1 aliphatic rings. The van der Waals surface area contributed by atoms with E-state index < -0.39 is 0 Å². The number of aromatic nitrogens is 2. The van der Waals surface area contributed by atoms with E-state index in [1.54, 1.807) is 0 Å². The minimum atomic E-state index is 0.137. The van der Waals surface area contributed by atoms with Crippen molar-refractivity contribution in [2.75, 3.05) is 6.79 Å². The summed E-state index contributed by atoms with van der Waals surface area (Å²) in [5.74, 6) is 1.71. The van der Waals surface area contributed by atoms with E-state index in [-0.39, 0.29) is 5.41 Å². The van der Waals surface area contributed by atoms with Gasteiger partial charge in [-0.25, -0.2) is 4.98 Å². The number of rotatable bonds is 7. The molecule has 4 nitrogen and oxygen atoms in total. The van der Waals surface area contributed by atoms with Crippen LogP contribution in [-0.4, -0.2) is 16.3 Å². The highest BCUT2D eigenvalue weighted by Crippen LogP contribution is 2.35. The number of aryl methyl sites for hydroxylation is 1. The van der Waals surface area contributed by atoms with Crippen LogP contribution >= 0.6 is 0 Å². The predicted octanol–water partition coefficient (Wildman–Crippen LogP) is 5.25. The summed E-state index contributed by atoms with van der Waals surface area (Å²) in [4.78, 5) is 4.63. The first-order valence-corrected chi connectivity index (χ1v) is 9.59. The summed E-state index contributed by atoms with van der Waals surface area (Å²) in [6.45, 7) is 12.9. The lowest BCUT2D eigenvalue weighted by Crippen LogP contribution is -2.18. The Hall–Kier alpha value is -1.97. The molecule has 0 unspecified atom stereocenters. The number of benzene rings is 1. The van der Waals surface area contributed by atoms with Gasteiger partial charge in [0.25, 0.3) is 0 Å². The van der Waals surface area contributed by atoms with E-state index in [0.717, 1.165) is 30.9 Å². The molecule has 4 heteroatoms. The molecule has 3 rings (SSSR count). The fraction of sp³-hybridized carbons (Fsp3) is 0.591. The van der Waals surface area contributed by atoms with Crippen LogP contribution in [0.4, 0.5) is 0 Å². The zero-order chi connectivity index (χ0) is 18.8. The molecule has 1 aliphatic heterocycles. The molecular weight excluding hydrogens is 324 g/mol. The number of nitrogens with zero attached hydrogens (tertiary/aromatic N) is 2. The quantitative estimate of drug-likeness (QED) is 0.680. The molecule has 0 atom stereocenters.